The lowest BCUT2D eigenvalue weighted by Crippen LogP contribution is -2.43. The summed E-state index contributed by atoms with van der Waals surface area (Å²) in [5, 5.41) is 5.14. The zero-order chi connectivity index (χ0) is 22.5. The number of carbonyl (C=O) groups excluding carboxylic acids is 2. The van der Waals surface area contributed by atoms with Crippen molar-refractivity contribution in [1.82, 2.24) is 19.6 Å². The highest BCUT2D eigenvalue weighted by Crippen LogP contribution is 2.27. The van der Waals surface area contributed by atoms with Crippen LogP contribution in [0.5, 0.6) is 0 Å². The van der Waals surface area contributed by atoms with E-state index in [2.05, 4.69) is 25.9 Å². The van der Waals surface area contributed by atoms with Gasteiger partial charge in [-0.3, -0.25) is 9.59 Å². The monoisotopic (exact) mass is 444 g/mol. The molecule has 1 aromatic carbocycles. The standard InChI is InChI=1S/C24H33ClN4O2/c1-5-6-12-27(4)23(30)18-10-13-28(14-11-18)24(31)21-16-26-29(22(21)17(2)3)20-9-7-8-19(25)15-20/h7-9,15-18H,5-6,10-14H2,1-4H3. The molecular weight excluding hydrogens is 412 g/mol. The van der Waals surface area contributed by atoms with Crippen molar-refractivity contribution in [2.24, 2.45) is 5.92 Å². The van der Waals surface area contributed by atoms with Crippen molar-refractivity contribution < 1.29 is 9.59 Å². The molecule has 2 heterocycles. The molecule has 0 radical (unpaired) electrons. The van der Waals surface area contributed by atoms with Gasteiger partial charge >= 0.3 is 0 Å². The molecule has 1 aliphatic heterocycles. The number of unbranched alkanes of at least 4 members (excludes halogenated alkanes) is 1. The van der Waals surface area contributed by atoms with Gasteiger partial charge in [0.1, 0.15) is 0 Å². The second-order valence-electron chi connectivity index (χ2n) is 8.67. The SMILES string of the molecule is CCCCN(C)C(=O)C1CCN(C(=O)c2cnn(-c3cccc(Cl)c3)c2C(C)C)CC1. The van der Waals surface area contributed by atoms with Gasteiger partial charge in [0.15, 0.2) is 0 Å². The van der Waals surface area contributed by atoms with E-state index in [0.717, 1.165) is 30.8 Å². The van der Waals surface area contributed by atoms with Crippen molar-refractivity contribution in [3.8, 4) is 5.69 Å². The van der Waals surface area contributed by atoms with Gasteiger partial charge in [0, 0.05) is 37.6 Å². The van der Waals surface area contributed by atoms with Crippen LogP contribution in [0, 0.1) is 5.92 Å². The van der Waals surface area contributed by atoms with Crippen LogP contribution in [0.1, 0.15) is 68.4 Å². The van der Waals surface area contributed by atoms with Crippen molar-refractivity contribution in [3.63, 3.8) is 0 Å². The van der Waals surface area contributed by atoms with Gasteiger partial charge in [0.05, 0.1) is 23.1 Å². The zero-order valence-electron chi connectivity index (χ0n) is 19.0. The highest BCUT2D eigenvalue weighted by Gasteiger charge is 2.31. The van der Waals surface area contributed by atoms with Crippen LogP contribution in [0.4, 0.5) is 0 Å². The second-order valence-corrected chi connectivity index (χ2v) is 9.11. The largest absolute Gasteiger partial charge is 0.346 e. The highest BCUT2D eigenvalue weighted by atomic mass is 35.5. The molecule has 0 atom stereocenters. The zero-order valence-corrected chi connectivity index (χ0v) is 19.7. The predicted molar refractivity (Wildman–Crippen MR) is 124 cm³/mol. The number of nitrogens with zero attached hydrogens (tertiary/aromatic N) is 4. The Balaban J connectivity index is 1.72. The van der Waals surface area contributed by atoms with Gasteiger partial charge in [-0.15, -0.1) is 0 Å². The average molecular weight is 445 g/mol. The fraction of sp³-hybridized carbons (Fsp3) is 0.542. The Morgan fingerprint density at radius 1 is 1.26 bits per heavy atom. The van der Waals surface area contributed by atoms with Gasteiger partial charge in [0.25, 0.3) is 5.91 Å². The fourth-order valence-corrected chi connectivity index (χ4v) is 4.39. The summed E-state index contributed by atoms with van der Waals surface area (Å²) in [4.78, 5) is 29.7. The molecule has 31 heavy (non-hydrogen) atoms. The Morgan fingerprint density at radius 3 is 2.58 bits per heavy atom. The van der Waals surface area contributed by atoms with E-state index in [0.29, 0.717) is 36.5 Å². The van der Waals surface area contributed by atoms with E-state index in [-0.39, 0.29) is 23.7 Å². The molecule has 0 aliphatic carbocycles. The van der Waals surface area contributed by atoms with Crippen molar-refractivity contribution in [2.45, 2.75) is 52.4 Å². The molecule has 168 valence electrons. The van der Waals surface area contributed by atoms with Crippen LogP contribution in [0.25, 0.3) is 5.69 Å². The lowest BCUT2D eigenvalue weighted by atomic mass is 9.94. The highest BCUT2D eigenvalue weighted by molar-refractivity contribution is 6.30. The normalized spacial score (nSPS) is 14.8. The minimum atomic E-state index is -0.0118. The van der Waals surface area contributed by atoms with E-state index in [1.165, 1.54) is 0 Å². The molecule has 1 saturated heterocycles. The van der Waals surface area contributed by atoms with Crippen LogP contribution >= 0.6 is 11.6 Å². The van der Waals surface area contributed by atoms with Gasteiger partial charge in [0.2, 0.25) is 5.91 Å². The lowest BCUT2D eigenvalue weighted by Gasteiger charge is -2.33. The third-order valence-electron chi connectivity index (χ3n) is 5.99. The molecule has 2 aromatic rings. The summed E-state index contributed by atoms with van der Waals surface area (Å²) >= 11 is 6.16. The predicted octanol–water partition coefficient (Wildman–Crippen LogP) is 4.76. The molecule has 0 unspecified atom stereocenters. The molecule has 6 nitrogen and oxygen atoms in total. The Labute approximate surface area is 190 Å². The molecule has 1 aromatic heterocycles. The van der Waals surface area contributed by atoms with E-state index in [4.69, 9.17) is 11.6 Å². The van der Waals surface area contributed by atoms with Crippen molar-refractivity contribution in [3.05, 3.63) is 46.7 Å². The van der Waals surface area contributed by atoms with Crippen LogP contribution in [0.3, 0.4) is 0 Å². The maximum atomic E-state index is 13.3. The molecule has 7 heteroatoms. The van der Waals surface area contributed by atoms with Crippen LogP contribution < -0.4 is 0 Å². The number of hydrogen-bond donors (Lipinski definition) is 0. The summed E-state index contributed by atoms with van der Waals surface area (Å²) in [7, 11) is 1.88. The van der Waals surface area contributed by atoms with E-state index in [1.54, 1.807) is 6.20 Å². The van der Waals surface area contributed by atoms with Crippen molar-refractivity contribution in [2.75, 3.05) is 26.7 Å². The summed E-state index contributed by atoms with van der Waals surface area (Å²) in [6.45, 7) is 8.24. The number of amides is 2. The van der Waals surface area contributed by atoms with Crippen LogP contribution in [0.2, 0.25) is 5.02 Å². The van der Waals surface area contributed by atoms with E-state index in [1.807, 2.05) is 45.8 Å². The lowest BCUT2D eigenvalue weighted by molar-refractivity contribution is -0.135. The van der Waals surface area contributed by atoms with E-state index >= 15 is 0 Å². The summed E-state index contributed by atoms with van der Waals surface area (Å²) in [6, 6.07) is 7.48. The minimum absolute atomic E-state index is 0.00431. The Morgan fingerprint density at radius 2 is 1.97 bits per heavy atom. The number of benzene rings is 1. The van der Waals surface area contributed by atoms with Crippen LogP contribution in [-0.4, -0.2) is 58.1 Å². The smallest absolute Gasteiger partial charge is 0.257 e. The first-order chi connectivity index (χ1) is 14.8. The number of likely N-dealkylation sites (tertiary alicyclic amines) is 1. The minimum Gasteiger partial charge on any atom is -0.346 e. The van der Waals surface area contributed by atoms with Crippen LogP contribution in [0.15, 0.2) is 30.5 Å². The maximum absolute atomic E-state index is 13.3. The average Bonchev–Trinajstić information content (AvgIpc) is 3.22. The summed E-state index contributed by atoms with van der Waals surface area (Å²) < 4.78 is 1.81. The van der Waals surface area contributed by atoms with E-state index < -0.39 is 0 Å². The molecule has 0 bridgehead atoms. The van der Waals surface area contributed by atoms with Gasteiger partial charge in [-0.05, 0) is 43.4 Å². The number of hydrogen-bond acceptors (Lipinski definition) is 3. The molecular formula is C24H33ClN4O2. The molecule has 2 amide bonds. The number of aromatic nitrogens is 2. The number of carbonyl (C=O) groups is 2. The van der Waals surface area contributed by atoms with Crippen molar-refractivity contribution >= 4 is 23.4 Å². The van der Waals surface area contributed by atoms with Gasteiger partial charge in [-0.1, -0.05) is 44.9 Å². The summed E-state index contributed by atoms with van der Waals surface area (Å²) in [5.74, 6) is 0.316. The van der Waals surface area contributed by atoms with Gasteiger partial charge in [-0.25, -0.2) is 4.68 Å². The molecule has 0 saturated carbocycles. The fourth-order valence-electron chi connectivity index (χ4n) is 4.21. The van der Waals surface area contributed by atoms with Gasteiger partial charge < -0.3 is 9.80 Å². The summed E-state index contributed by atoms with van der Waals surface area (Å²) in [5.41, 5.74) is 2.35. The number of halogens is 1. The number of piperidine rings is 1. The molecule has 1 fully saturated rings. The third-order valence-corrected chi connectivity index (χ3v) is 6.23. The number of rotatable bonds is 7. The maximum Gasteiger partial charge on any atom is 0.257 e. The molecule has 1 aliphatic rings. The molecule has 3 rings (SSSR count). The molecule has 0 N–H and O–H groups in total. The third kappa shape index (κ3) is 5.29. The summed E-state index contributed by atoms with van der Waals surface area (Å²) in [6.07, 6.45) is 5.18. The molecule has 0 spiro atoms. The van der Waals surface area contributed by atoms with Crippen molar-refractivity contribution in [1.29, 1.82) is 0 Å². The van der Waals surface area contributed by atoms with Crippen LogP contribution in [-0.2, 0) is 4.79 Å². The topological polar surface area (TPSA) is 58.4 Å². The van der Waals surface area contributed by atoms with Gasteiger partial charge in [-0.2, -0.15) is 5.10 Å². The Kier molecular flexibility index (Phi) is 7.76. The van der Waals surface area contributed by atoms with E-state index in [9.17, 15) is 9.59 Å². The first-order valence-corrected chi connectivity index (χ1v) is 11.6. The second kappa shape index (κ2) is 10.3. The Bertz CT molecular complexity index is 916. The quantitative estimate of drug-likeness (QED) is 0.618. The first-order valence-electron chi connectivity index (χ1n) is 11.2. The first kappa shape index (κ1) is 23.3. The Hall–Kier alpha value is -2.34.